The Labute approximate surface area is 266 Å². The molecular formula is C31H35BrClN3O6S. The fraction of sp³-hybridized carbons (Fsp3) is 0.355. The number of carbonyl (C=O) groups is 2. The standard InChI is InChI=1S/C31H35BrClN3O6S/c1-21(31(38)34-25-9-4-5-10-25)35(19-22-7-6-8-23(32)17-22)30(37)20-36(26-13-11-24(33)12-14-26)43(39,40)27-15-16-28(41-2)29(18-27)42-3/h6-8,11-18,21,25H,4-5,9-10,19-20H2,1-3H3,(H,34,38)/t21-/m0/s1. The lowest BCUT2D eigenvalue weighted by Gasteiger charge is -2.32. The van der Waals surface area contributed by atoms with Crippen LogP contribution in [0.2, 0.25) is 5.02 Å². The summed E-state index contributed by atoms with van der Waals surface area (Å²) in [7, 11) is -1.44. The highest BCUT2D eigenvalue weighted by atomic mass is 79.9. The van der Waals surface area contributed by atoms with Gasteiger partial charge in [-0.05, 0) is 73.9 Å². The van der Waals surface area contributed by atoms with E-state index in [9.17, 15) is 18.0 Å². The van der Waals surface area contributed by atoms with Crippen LogP contribution in [0.15, 0.2) is 76.1 Å². The molecule has 230 valence electrons. The molecule has 1 saturated carbocycles. The molecular weight excluding hydrogens is 658 g/mol. The first-order valence-electron chi connectivity index (χ1n) is 13.9. The van der Waals surface area contributed by atoms with Gasteiger partial charge in [0.15, 0.2) is 11.5 Å². The van der Waals surface area contributed by atoms with Crippen molar-refractivity contribution in [2.75, 3.05) is 25.1 Å². The molecule has 1 atom stereocenters. The summed E-state index contributed by atoms with van der Waals surface area (Å²) in [5, 5.41) is 3.48. The molecule has 3 aromatic carbocycles. The smallest absolute Gasteiger partial charge is 0.264 e. The van der Waals surface area contributed by atoms with E-state index < -0.39 is 28.5 Å². The zero-order valence-corrected chi connectivity index (χ0v) is 27.4. The Hall–Kier alpha value is -3.28. The Bertz CT molecular complexity index is 1550. The predicted molar refractivity (Wildman–Crippen MR) is 170 cm³/mol. The second-order valence-corrected chi connectivity index (χ2v) is 13.5. The number of hydrogen-bond acceptors (Lipinski definition) is 6. The highest BCUT2D eigenvalue weighted by Gasteiger charge is 2.34. The zero-order chi connectivity index (χ0) is 31.1. The highest BCUT2D eigenvalue weighted by molar-refractivity contribution is 9.10. The third-order valence-electron chi connectivity index (χ3n) is 7.45. The molecule has 9 nitrogen and oxygen atoms in total. The van der Waals surface area contributed by atoms with Gasteiger partial charge in [-0.25, -0.2) is 8.42 Å². The average Bonchev–Trinajstić information content (AvgIpc) is 3.51. The first-order chi connectivity index (χ1) is 20.5. The van der Waals surface area contributed by atoms with Crippen LogP contribution in [0.1, 0.15) is 38.2 Å². The summed E-state index contributed by atoms with van der Waals surface area (Å²) in [5.74, 6) is -0.249. The molecule has 3 aromatic rings. The Morgan fingerprint density at radius 1 is 1.00 bits per heavy atom. The topological polar surface area (TPSA) is 105 Å². The van der Waals surface area contributed by atoms with E-state index in [0.29, 0.717) is 10.8 Å². The molecule has 0 aliphatic heterocycles. The number of amides is 2. The van der Waals surface area contributed by atoms with Gasteiger partial charge in [0.1, 0.15) is 12.6 Å². The lowest BCUT2D eigenvalue weighted by molar-refractivity contribution is -0.139. The summed E-state index contributed by atoms with van der Waals surface area (Å²) in [4.78, 5) is 28.8. The van der Waals surface area contributed by atoms with Crippen molar-refractivity contribution < 1.29 is 27.5 Å². The number of nitrogens with one attached hydrogen (secondary N) is 1. The largest absolute Gasteiger partial charge is 0.493 e. The number of nitrogens with zero attached hydrogens (tertiary/aromatic N) is 2. The maximum Gasteiger partial charge on any atom is 0.264 e. The van der Waals surface area contributed by atoms with Gasteiger partial charge in [0.2, 0.25) is 11.8 Å². The van der Waals surface area contributed by atoms with Gasteiger partial charge in [-0.3, -0.25) is 13.9 Å². The van der Waals surface area contributed by atoms with Crippen LogP contribution in [-0.4, -0.2) is 58.0 Å². The van der Waals surface area contributed by atoms with Crippen molar-refractivity contribution in [3.05, 3.63) is 81.8 Å². The molecule has 43 heavy (non-hydrogen) atoms. The van der Waals surface area contributed by atoms with Crippen LogP contribution in [0.5, 0.6) is 11.5 Å². The highest BCUT2D eigenvalue weighted by Crippen LogP contribution is 2.33. The van der Waals surface area contributed by atoms with Gasteiger partial charge >= 0.3 is 0 Å². The molecule has 1 N–H and O–H groups in total. The molecule has 4 rings (SSSR count). The minimum atomic E-state index is -4.30. The summed E-state index contributed by atoms with van der Waals surface area (Å²) in [5.41, 5.74) is 1.02. The van der Waals surface area contributed by atoms with Crippen LogP contribution >= 0.6 is 27.5 Å². The summed E-state index contributed by atoms with van der Waals surface area (Å²) in [6, 6.07) is 17.0. The molecule has 0 saturated heterocycles. The summed E-state index contributed by atoms with van der Waals surface area (Å²) >= 11 is 9.57. The number of rotatable bonds is 12. The molecule has 0 radical (unpaired) electrons. The van der Waals surface area contributed by atoms with E-state index in [2.05, 4.69) is 21.2 Å². The first-order valence-corrected chi connectivity index (χ1v) is 16.5. The Kier molecular flexibility index (Phi) is 11.0. The molecule has 0 aromatic heterocycles. The van der Waals surface area contributed by atoms with Gasteiger partial charge in [-0.15, -0.1) is 0 Å². The van der Waals surface area contributed by atoms with E-state index in [1.54, 1.807) is 19.1 Å². The number of hydrogen-bond donors (Lipinski definition) is 1. The van der Waals surface area contributed by atoms with Crippen LogP contribution in [0.4, 0.5) is 5.69 Å². The summed E-state index contributed by atoms with van der Waals surface area (Å²) < 4.78 is 40.7. The molecule has 0 spiro atoms. The Balaban J connectivity index is 1.71. The number of methoxy groups -OCH3 is 2. The summed E-state index contributed by atoms with van der Waals surface area (Å²) in [6.45, 7) is 1.20. The molecule has 12 heteroatoms. The molecule has 1 fully saturated rings. The van der Waals surface area contributed by atoms with Crippen LogP contribution in [0, 0.1) is 0 Å². The van der Waals surface area contributed by atoms with E-state index in [-0.39, 0.29) is 34.8 Å². The van der Waals surface area contributed by atoms with Crippen LogP contribution in [0.25, 0.3) is 0 Å². The Morgan fingerprint density at radius 3 is 2.30 bits per heavy atom. The maximum atomic E-state index is 14.1. The second kappa shape index (κ2) is 14.5. The van der Waals surface area contributed by atoms with Crippen LogP contribution in [-0.2, 0) is 26.2 Å². The second-order valence-electron chi connectivity index (χ2n) is 10.3. The number of sulfonamides is 1. The van der Waals surface area contributed by atoms with Gasteiger partial charge in [0.25, 0.3) is 10.0 Å². The molecule has 1 aliphatic rings. The number of ether oxygens (including phenoxy) is 2. The first kappa shape index (κ1) is 32.6. The monoisotopic (exact) mass is 691 g/mol. The quantitative estimate of drug-likeness (QED) is 0.258. The number of halogens is 2. The number of anilines is 1. The van der Waals surface area contributed by atoms with E-state index in [0.717, 1.165) is 40.0 Å². The average molecular weight is 693 g/mol. The van der Waals surface area contributed by atoms with Crippen molar-refractivity contribution in [2.45, 2.75) is 56.1 Å². The predicted octanol–water partition coefficient (Wildman–Crippen LogP) is 5.79. The fourth-order valence-electron chi connectivity index (χ4n) is 5.05. The molecule has 2 amide bonds. The summed E-state index contributed by atoms with van der Waals surface area (Å²) in [6.07, 6.45) is 3.88. The van der Waals surface area contributed by atoms with Crippen molar-refractivity contribution in [3.63, 3.8) is 0 Å². The minimum Gasteiger partial charge on any atom is -0.493 e. The SMILES string of the molecule is COc1ccc(S(=O)(=O)N(CC(=O)N(Cc2cccc(Br)c2)[C@@H](C)C(=O)NC2CCCC2)c2ccc(Cl)cc2)cc1OC. The van der Waals surface area contributed by atoms with Crippen molar-refractivity contribution in [1.82, 2.24) is 10.2 Å². The van der Waals surface area contributed by atoms with Gasteiger partial charge in [-0.2, -0.15) is 0 Å². The zero-order valence-electron chi connectivity index (χ0n) is 24.3. The van der Waals surface area contributed by atoms with Crippen molar-refractivity contribution in [2.24, 2.45) is 0 Å². The molecule has 1 aliphatic carbocycles. The molecule has 0 heterocycles. The van der Waals surface area contributed by atoms with E-state index in [4.69, 9.17) is 21.1 Å². The molecule has 0 bridgehead atoms. The number of carbonyl (C=O) groups excluding carboxylic acids is 2. The van der Waals surface area contributed by atoms with Gasteiger partial charge < -0.3 is 19.7 Å². The lowest BCUT2D eigenvalue weighted by atomic mass is 10.1. The van der Waals surface area contributed by atoms with E-state index in [1.165, 1.54) is 49.5 Å². The lowest BCUT2D eigenvalue weighted by Crippen LogP contribution is -2.52. The van der Waals surface area contributed by atoms with Gasteiger partial charge in [-0.1, -0.05) is 52.5 Å². The van der Waals surface area contributed by atoms with Crippen molar-refractivity contribution in [1.29, 1.82) is 0 Å². The maximum absolute atomic E-state index is 14.1. The molecule has 0 unspecified atom stereocenters. The van der Waals surface area contributed by atoms with Crippen molar-refractivity contribution in [3.8, 4) is 11.5 Å². The fourth-order valence-corrected chi connectivity index (χ4v) is 7.05. The van der Waals surface area contributed by atoms with E-state index in [1.807, 2.05) is 24.3 Å². The van der Waals surface area contributed by atoms with Crippen LogP contribution in [0.3, 0.4) is 0 Å². The van der Waals surface area contributed by atoms with Crippen molar-refractivity contribution >= 4 is 55.1 Å². The third kappa shape index (κ3) is 8.01. The van der Waals surface area contributed by atoms with E-state index >= 15 is 0 Å². The Morgan fingerprint density at radius 2 is 1.67 bits per heavy atom. The van der Waals surface area contributed by atoms with Crippen LogP contribution < -0.4 is 19.1 Å². The van der Waals surface area contributed by atoms with Gasteiger partial charge in [0.05, 0.1) is 24.8 Å². The van der Waals surface area contributed by atoms with Gasteiger partial charge in [0, 0.05) is 28.1 Å². The third-order valence-corrected chi connectivity index (χ3v) is 9.96. The minimum absolute atomic E-state index is 0.0637. The normalized spacial score (nSPS) is 14.2. The number of benzene rings is 3.